The normalized spacial score (nSPS) is 39.6. The van der Waals surface area contributed by atoms with Gasteiger partial charge in [0, 0.05) is 21.3 Å². The lowest BCUT2D eigenvalue weighted by molar-refractivity contribution is -0.263. The van der Waals surface area contributed by atoms with Gasteiger partial charge < -0.3 is 34.7 Å². The lowest BCUT2D eigenvalue weighted by Gasteiger charge is -2.42. The topological polar surface area (TPSA) is 91.8 Å². The van der Waals surface area contributed by atoms with Crippen LogP contribution in [-0.2, 0) is 18.9 Å². The number of ether oxygens (including phenoxy) is 4. The summed E-state index contributed by atoms with van der Waals surface area (Å²) in [5.41, 5.74) is 8.81. The van der Waals surface area contributed by atoms with Gasteiger partial charge in [-0.2, -0.15) is 0 Å². The molecule has 5 atom stereocenters. The van der Waals surface area contributed by atoms with Crippen LogP contribution >= 0.6 is 0 Å². The van der Waals surface area contributed by atoms with Crippen LogP contribution in [0.25, 0.3) is 5.53 Å². The molecule has 0 radical (unpaired) electrons. The van der Waals surface area contributed by atoms with Gasteiger partial charge in [0.1, 0.15) is 24.4 Å². The van der Waals surface area contributed by atoms with Gasteiger partial charge in [-0.25, -0.2) is 0 Å². The van der Waals surface area contributed by atoms with E-state index in [2.05, 4.69) is 5.11 Å². The average Bonchev–Trinajstić information content (AvgIpc) is 2.29. The van der Waals surface area contributed by atoms with Gasteiger partial charge in [-0.05, 0) is 0 Å². The molecule has 7 heteroatoms. The summed E-state index contributed by atoms with van der Waals surface area (Å²) in [6.07, 6.45) is -2.90. The molecule has 1 fully saturated rings. The monoisotopic (exact) mass is 233 g/mol. The summed E-state index contributed by atoms with van der Waals surface area (Å²) in [5, 5.41) is 13.0. The first-order chi connectivity index (χ1) is 7.69. The third-order valence-electron chi connectivity index (χ3n) is 2.61. The second-order valence-electron chi connectivity index (χ2n) is 3.53. The molecule has 1 rings (SSSR count). The van der Waals surface area contributed by atoms with Crippen molar-refractivity contribution in [1.29, 1.82) is 0 Å². The Kier molecular flexibility index (Phi) is 5.23. The van der Waals surface area contributed by atoms with E-state index in [9.17, 15) is 5.11 Å². The average molecular weight is 233 g/mol. The Hall–Kier alpha value is -0.600. The molecule has 0 aromatic carbocycles. The van der Waals surface area contributed by atoms with Gasteiger partial charge in [-0.1, -0.05) is 0 Å². The second-order valence-corrected chi connectivity index (χ2v) is 3.53. The van der Waals surface area contributed by atoms with Crippen LogP contribution in [0, 0.1) is 0 Å². The maximum atomic E-state index is 9.93. The lowest BCUT2D eigenvalue weighted by Crippen LogP contribution is -2.59. The Balaban J connectivity index is 2.79. The Labute approximate surface area is 94.1 Å². The number of hydrogen-bond acceptors (Lipinski definition) is 6. The Bertz CT molecular complexity index is 228. The van der Waals surface area contributed by atoms with Crippen LogP contribution < -0.4 is 0 Å². The number of hydrogen-bond donors (Lipinski definition) is 1. The van der Waals surface area contributed by atoms with E-state index >= 15 is 0 Å². The number of methoxy groups -OCH3 is 3. The Morgan fingerprint density at radius 3 is 2.44 bits per heavy atom. The maximum Gasteiger partial charge on any atom is 0.180 e. The predicted molar refractivity (Wildman–Crippen MR) is 53.9 cm³/mol. The molecule has 16 heavy (non-hydrogen) atoms. The van der Waals surface area contributed by atoms with Crippen LogP contribution in [0.3, 0.4) is 0 Å². The number of aliphatic hydroxyl groups is 1. The van der Waals surface area contributed by atoms with Gasteiger partial charge in [-0.15, -0.1) is 0 Å². The number of rotatable bonds is 5. The van der Waals surface area contributed by atoms with Crippen molar-refractivity contribution in [1.82, 2.24) is 0 Å². The van der Waals surface area contributed by atoms with Crippen molar-refractivity contribution in [3.8, 4) is 0 Å². The van der Waals surface area contributed by atoms with E-state index in [0.717, 1.165) is 0 Å². The third kappa shape index (κ3) is 2.55. The molecule has 1 aliphatic heterocycles. The lowest BCUT2D eigenvalue weighted by atomic mass is 9.97. The fourth-order valence-electron chi connectivity index (χ4n) is 1.81. The third-order valence-corrected chi connectivity index (χ3v) is 2.61. The minimum Gasteiger partial charge on any atom is -0.711 e. The molecule has 1 heterocycles. The predicted octanol–water partition coefficient (Wildman–Crippen LogP) is -0.230. The summed E-state index contributed by atoms with van der Waals surface area (Å²) in [5.74, 6) is 0. The van der Waals surface area contributed by atoms with Gasteiger partial charge in [0.2, 0.25) is 0 Å². The van der Waals surface area contributed by atoms with Crippen molar-refractivity contribution in [2.24, 2.45) is 5.11 Å². The van der Waals surface area contributed by atoms with E-state index < -0.39 is 30.6 Å². The highest BCUT2D eigenvalue weighted by Crippen LogP contribution is 2.25. The first kappa shape index (κ1) is 13.5. The highest BCUT2D eigenvalue weighted by atomic mass is 16.7. The summed E-state index contributed by atoms with van der Waals surface area (Å²) in [6.45, 7) is 0.258. The van der Waals surface area contributed by atoms with Crippen molar-refractivity contribution in [2.75, 3.05) is 27.9 Å². The van der Waals surface area contributed by atoms with Crippen LogP contribution in [0.2, 0.25) is 0 Å². The molecule has 0 aromatic heterocycles. The molecule has 0 spiro atoms. The number of nitrogens with zero attached hydrogens (tertiary/aromatic N) is 2. The summed E-state index contributed by atoms with van der Waals surface area (Å²) >= 11 is 0. The zero-order valence-electron chi connectivity index (χ0n) is 9.57. The molecular formula is C9H17N2O5-. The van der Waals surface area contributed by atoms with Crippen LogP contribution in [0.1, 0.15) is 0 Å². The number of aliphatic hydroxyl groups excluding tert-OH is 1. The van der Waals surface area contributed by atoms with Gasteiger partial charge in [0.15, 0.2) is 6.29 Å². The minimum atomic E-state index is -1.01. The van der Waals surface area contributed by atoms with Crippen LogP contribution in [0.4, 0.5) is 0 Å². The quantitative estimate of drug-likeness (QED) is 0.662. The highest BCUT2D eigenvalue weighted by molar-refractivity contribution is 4.94. The summed E-state index contributed by atoms with van der Waals surface area (Å²) < 4.78 is 20.5. The fourth-order valence-corrected chi connectivity index (χ4v) is 1.81. The van der Waals surface area contributed by atoms with E-state index in [0.29, 0.717) is 0 Å². The molecule has 7 nitrogen and oxygen atoms in total. The minimum absolute atomic E-state index is 0.258. The van der Waals surface area contributed by atoms with Gasteiger partial charge in [0.25, 0.3) is 0 Å². The zero-order chi connectivity index (χ0) is 12.1. The van der Waals surface area contributed by atoms with Crippen LogP contribution in [0.15, 0.2) is 5.11 Å². The Morgan fingerprint density at radius 1 is 1.31 bits per heavy atom. The van der Waals surface area contributed by atoms with Crippen molar-refractivity contribution in [2.45, 2.75) is 30.6 Å². The van der Waals surface area contributed by atoms with E-state index in [1.165, 1.54) is 21.3 Å². The molecule has 1 aliphatic rings. The summed E-state index contributed by atoms with van der Waals surface area (Å²) in [7, 11) is 4.38. The maximum absolute atomic E-state index is 9.93. The Morgan fingerprint density at radius 2 is 2.00 bits per heavy atom. The van der Waals surface area contributed by atoms with E-state index in [1.54, 1.807) is 0 Å². The molecule has 0 bridgehead atoms. The van der Waals surface area contributed by atoms with Crippen LogP contribution in [0.5, 0.6) is 0 Å². The molecule has 5 unspecified atom stereocenters. The first-order valence-corrected chi connectivity index (χ1v) is 4.91. The van der Waals surface area contributed by atoms with E-state index in [-0.39, 0.29) is 6.61 Å². The van der Waals surface area contributed by atoms with Gasteiger partial charge in [0.05, 0.1) is 6.61 Å². The van der Waals surface area contributed by atoms with Crippen molar-refractivity contribution in [3.63, 3.8) is 0 Å². The summed E-state index contributed by atoms with van der Waals surface area (Å²) in [6, 6.07) is -0.886. The summed E-state index contributed by atoms with van der Waals surface area (Å²) in [4.78, 5) is 0. The van der Waals surface area contributed by atoms with Gasteiger partial charge in [-0.3, -0.25) is 0 Å². The largest absolute Gasteiger partial charge is 0.711 e. The van der Waals surface area contributed by atoms with Crippen molar-refractivity contribution >= 4 is 0 Å². The van der Waals surface area contributed by atoms with Gasteiger partial charge >= 0.3 is 0 Å². The molecule has 1 N–H and O–H groups in total. The molecule has 94 valence electrons. The first-order valence-electron chi connectivity index (χ1n) is 4.91. The highest BCUT2D eigenvalue weighted by Gasteiger charge is 2.44. The van der Waals surface area contributed by atoms with Crippen molar-refractivity contribution in [3.05, 3.63) is 5.53 Å². The van der Waals surface area contributed by atoms with E-state index in [4.69, 9.17) is 24.5 Å². The van der Waals surface area contributed by atoms with E-state index in [1.807, 2.05) is 0 Å². The zero-order valence-corrected chi connectivity index (χ0v) is 9.57. The second kappa shape index (κ2) is 6.21. The fraction of sp³-hybridized carbons (Fsp3) is 1.00. The molecule has 0 saturated carbocycles. The molecular weight excluding hydrogens is 216 g/mol. The van der Waals surface area contributed by atoms with Crippen molar-refractivity contribution < 1.29 is 24.1 Å². The standard InChI is InChI=1S/C9H17N2O5/c1-13-4-5-8(14-2)7(12)6(11-10)9(15-3)16-5/h5-9,12H,4H2,1-3H3/q-1. The molecule has 1 saturated heterocycles. The molecule has 0 aliphatic carbocycles. The molecule has 0 aromatic rings. The molecule has 0 amide bonds. The smallest absolute Gasteiger partial charge is 0.180 e. The SMILES string of the molecule is COCC1OC(OC)C(N=[N-])C(O)C1OC. The van der Waals surface area contributed by atoms with Crippen LogP contribution in [-0.4, -0.2) is 63.7 Å².